The maximum absolute atomic E-state index is 12.9. The molecule has 0 rings (SSSR count). The standard InChI is InChI=1S/C91H172NO8P/c1-6-8-10-12-14-16-18-20-22-24-26-28-30-32-34-36-38-40-42-44-45-46-47-48-50-52-54-56-58-60-62-64-66-68-70-72-74-76-78-80-82-84-91(94)100-89(88-99-101(95,96)98-86-85-92(3,4)5)87-97-90(93)83-81-79-77-75-73-71-69-67-65-63-61-59-57-55-53-51-49-43-41-39-37-35-33-31-29-27-25-23-21-19-17-15-13-11-9-7-2/h8,10,14,16,20,22,26,28,32,34,89H,6-7,9,11-13,15,17-19,21,23-25,27,29-31,33,35-88H2,1-5H3/b10-8-,16-14-,22-20-,28-26-,34-32-. The lowest BCUT2D eigenvalue weighted by molar-refractivity contribution is -0.870. The number of unbranched alkanes of at least 4 members (excludes halogenated alkanes) is 60. The van der Waals surface area contributed by atoms with Crippen molar-refractivity contribution < 1.29 is 42.1 Å². The number of carbonyl (C=O) groups excluding carboxylic acids is 2. The van der Waals surface area contributed by atoms with E-state index in [1.807, 2.05) is 21.1 Å². The van der Waals surface area contributed by atoms with Crippen LogP contribution in [0.15, 0.2) is 60.8 Å². The number of hydrogen-bond acceptors (Lipinski definition) is 8. The number of phosphoric acid groups is 1. The minimum Gasteiger partial charge on any atom is -0.756 e. The van der Waals surface area contributed by atoms with Crippen molar-refractivity contribution in [2.75, 3.05) is 47.5 Å². The monoisotopic (exact) mass is 1440 g/mol. The third-order valence-electron chi connectivity index (χ3n) is 20.3. The Morgan fingerprint density at radius 2 is 0.564 bits per heavy atom. The van der Waals surface area contributed by atoms with Crippen molar-refractivity contribution in [3.8, 4) is 0 Å². The molecule has 0 aliphatic heterocycles. The molecule has 0 aromatic heterocycles. The van der Waals surface area contributed by atoms with Crippen LogP contribution in [0.5, 0.6) is 0 Å². The summed E-state index contributed by atoms with van der Waals surface area (Å²) in [5.74, 6) is -0.805. The number of carbonyl (C=O) groups is 2. The van der Waals surface area contributed by atoms with Crippen molar-refractivity contribution in [3.05, 3.63) is 60.8 Å². The van der Waals surface area contributed by atoms with Crippen LogP contribution in [0.3, 0.4) is 0 Å². The highest BCUT2D eigenvalue weighted by molar-refractivity contribution is 7.45. The number of rotatable bonds is 84. The van der Waals surface area contributed by atoms with Gasteiger partial charge in [-0.1, -0.05) is 447 Å². The number of ether oxygens (including phenoxy) is 2. The zero-order chi connectivity index (χ0) is 73.3. The van der Waals surface area contributed by atoms with E-state index in [2.05, 4.69) is 74.6 Å². The molecule has 0 fully saturated rings. The summed E-state index contributed by atoms with van der Waals surface area (Å²) in [5.41, 5.74) is 0. The lowest BCUT2D eigenvalue weighted by Gasteiger charge is -2.28. The summed E-state index contributed by atoms with van der Waals surface area (Å²) in [5, 5.41) is 0. The normalized spacial score (nSPS) is 13.2. The minimum atomic E-state index is -4.65. The van der Waals surface area contributed by atoms with E-state index in [-0.39, 0.29) is 32.0 Å². The molecular weight excluding hydrogens is 1270 g/mol. The second-order valence-corrected chi connectivity index (χ2v) is 33.0. The van der Waals surface area contributed by atoms with E-state index in [0.29, 0.717) is 17.4 Å². The Hall–Kier alpha value is -2.29. The Balaban J connectivity index is 3.84. The van der Waals surface area contributed by atoms with E-state index >= 15 is 0 Å². The van der Waals surface area contributed by atoms with Gasteiger partial charge in [0.15, 0.2) is 6.10 Å². The van der Waals surface area contributed by atoms with E-state index < -0.39 is 26.5 Å². The molecule has 0 N–H and O–H groups in total. The van der Waals surface area contributed by atoms with E-state index in [9.17, 15) is 19.0 Å². The lowest BCUT2D eigenvalue weighted by atomic mass is 10.0. The van der Waals surface area contributed by atoms with Crippen LogP contribution in [0.4, 0.5) is 0 Å². The van der Waals surface area contributed by atoms with Gasteiger partial charge in [0.2, 0.25) is 0 Å². The SMILES string of the molecule is CC/C=C\C/C=C\C/C=C\C/C=C\C/C=C\CCCCCCCCCCCCCCCCCCCCCCCCCCCC(=O)OC(COC(=O)CCCCCCCCCCCCCCCCCCCCCCCCCCCCCCCCCCCCCC)COP(=O)([O-])OCC[N+](C)(C)C. The molecule has 2 atom stereocenters. The molecule has 0 aliphatic carbocycles. The van der Waals surface area contributed by atoms with Gasteiger partial charge in [-0.05, 0) is 57.8 Å². The summed E-state index contributed by atoms with van der Waals surface area (Å²) in [6, 6.07) is 0. The van der Waals surface area contributed by atoms with Crippen molar-refractivity contribution in [2.24, 2.45) is 0 Å². The van der Waals surface area contributed by atoms with Crippen LogP contribution in [-0.4, -0.2) is 70.0 Å². The molecule has 2 unspecified atom stereocenters. The Kier molecular flexibility index (Phi) is 79.9. The van der Waals surface area contributed by atoms with E-state index in [4.69, 9.17) is 18.5 Å². The van der Waals surface area contributed by atoms with Crippen LogP contribution in [-0.2, 0) is 32.7 Å². The predicted octanol–water partition coefficient (Wildman–Crippen LogP) is 29.4. The van der Waals surface area contributed by atoms with E-state index in [1.165, 1.54) is 360 Å². The first-order valence-corrected chi connectivity index (χ1v) is 46.0. The van der Waals surface area contributed by atoms with Gasteiger partial charge in [0.05, 0.1) is 27.7 Å². The molecule has 10 heteroatoms. The van der Waals surface area contributed by atoms with Gasteiger partial charge in [0.1, 0.15) is 19.8 Å². The molecule has 0 aromatic carbocycles. The number of allylic oxidation sites excluding steroid dienone is 10. The molecule has 0 saturated carbocycles. The fourth-order valence-electron chi connectivity index (χ4n) is 13.6. The van der Waals surface area contributed by atoms with Crippen LogP contribution in [0.1, 0.15) is 457 Å². The van der Waals surface area contributed by atoms with Gasteiger partial charge in [0, 0.05) is 12.8 Å². The largest absolute Gasteiger partial charge is 0.756 e. The first-order valence-electron chi connectivity index (χ1n) is 44.5. The summed E-state index contributed by atoms with van der Waals surface area (Å²) in [6.07, 6.45) is 111. The molecule has 0 amide bonds. The Morgan fingerprint density at radius 1 is 0.317 bits per heavy atom. The first kappa shape index (κ1) is 98.7. The van der Waals surface area contributed by atoms with Gasteiger partial charge < -0.3 is 27.9 Å². The van der Waals surface area contributed by atoms with Crippen molar-refractivity contribution in [3.63, 3.8) is 0 Å². The summed E-state index contributed by atoms with van der Waals surface area (Å²) < 4.78 is 34.5. The van der Waals surface area contributed by atoms with E-state index in [1.54, 1.807) is 0 Å². The van der Waals surface area contributed by atoms with Gasteiger partial charge in [0.25, 0.3) is 7.82 Å². The van der Waals surface area contributed by atoms with Crippen molar-refractivity contribution in [1.29, 1.82) is 0 Å². The summed E-state index contributed by atoms with van der Waals surface area (Å²) >= 11 is 0. The van der Waals surface area contributed by atoms with Gasteiger partial charge in [-0.3, -0.25) is 14.2 Å². The maximum atomic E-state index is 12.9. The number of quaternary nitrogens is 1. The smallest absolute Gasteiger partial charge is 0.306 e. The second-order valence-electron chi connectivity index (χ2n) is 31.6. The molecule has 0 heterocycles. The summed E-state index contributed by atoms with van der Waals surface area (Å²) in [7, 11) is 1.19. The first-order chi connectivity index (χ1) is 49.5. The van der Waals surface area contributed by atoms with Gasteiger partial charge >= 0.3 is 11.9 Å². The van der Waals surface area contributed by atoms with Crippen LogP contribution in [0.25, 0.3) is 0 Å². The fourth-order valence-corrected chi connectivity index (χ4v) is 14.3. The molecular formula is C91H172NO8P. The van der Waals surface area contributed by atoms with E-state index in [0.717, 1.165) is 64.2 Å². The van der Waals surface area contributed by atoms with Crippen LogP contribution < -0.4 is 4.89 Å². The Morgan fingerprint density at radius 3 is 0.842 bits per heavy atom. The molecule has 0 aliphatic rings. The number of hydrogen-bond donors (Lipinski definition) is 0. The van der Waals surface area contributed by atoms with Gasteiger partial charge in [-0.2, -0.15) is 0 Å². The van der Waals surface area contributed by atoms with Crippen LogP contribution in [0.2, 0.25) is 0 Å². The van der Waals surface area contributed by atoms with Gasteiger partial charge in [-0.15, -0.1) is 0 Å². The van der Waals surface area contributed by atoms with Gasteiger partial charge in [-0.25, -0.2) is 0 Å². The number of nitrogens with zero attached hydrogens (tertiary/aromatic N) is 1. The quantitative estimate of drug-likeness (QED) is 0.0195. The average Bonchev–Trinajstić information content (AvgIpc) is 1.02. The van der Waals surface area contributed by atoms with Crippen LogP contribution in [0, 0.1) is 0 Å². The molecule has 594 valence electrons. The molecule has 0 bridgehead atoms. The van der Waals surface area contributed by atoms with Crippen molar-refractivity contribution in [1.82, 2.24) is 0 Å². The third-order valence-corrected chi connectivity index (χ3v) is 21.3. The molecule has 0 radical (unpaired) electrons. The van der Waals surface area contributed by atoms with Crippen molar-refractivity contribution >= 4 is 19.8 Å². The number of likely N-dealkylation sites (N-methyl/N-ethyl adjacent to an activating group) is 1. The summed E-state index contributed by atoms with van der Waals surface area (Å²) in [6.45, 7) is 4.22. The minimum absolute atomic E-state index is 0.0274. The zero-order valence-electron chi connectivity index (χ0n) is 68.1. The summed E-state index contributed by atoms with van der Waals surface area (Å²) in [4.78, 5) is 38.3. The number of phosphoric ester groups is 1. The second kappa shape index (κ2) is 81.8. The molecule has 9 nitrogen and oxygen atoms in total. The maximum Gasteiger partial charge on any atom is 0.306 e. The molecule has 101 heavy (non-hydrogen) atoms. The highest BCUT2D eigenvalue weighted by Gasteiger charge is 2.22. The molecule has 0 spiro atoms. The third kappa shape index (κ3) is 86.5. The topological polar surface area (TPSA) is 111 Å². The zero-order valence-corrected chi connectivity index (χ0v) is 69.0. The van der Waals surface area contributed by atoms with Crippen molar-refractivity contribution in [2.45, 2.75) is 463 Å². The molecule has 0 aromatic rings. The average molecular weight is 1440 g/mol. The number of esters is 2. The Labute approximate surface area is 629 Å². The van der Waals surface area contributed by atoms with Crippen LogP contribution >= 0.6 is 7.82 Å². The highest BCUT2D eigenvalue weighted by Crippen LogP contribution is 2.38. The predicted molar refractivity (Wildman–Crippen MR) is 439 cm³/mol. The fraction of sp³-hybridized carbons (Fsp3) is 0.868. The lowest BCUT2D eigenvalue weighted by Crippen LogP contribution is -2.37. The molecule has 0 saturated heterocycles. The highest BCUT2D eigenvalue weighted by atomic mass is 31.2. The Bertz CT molecular complexity index is 1890.